The molecule has 138 valence electrons. The summed E-state index contributed by atoms with van der Waals surface area (Å²) in [5, 5.41) is 0. The van der Waals surface area contributed by atoms with Gasteiger partial charge < -0.3 is 15.4 Å². The van der Waals surface area contributed by atoms with E-state index in [1.165, 1.54) is 24.3 Å². The van der Waals surface area contributed by atoms with Crippen LogP contribution in [0, 0.1) is 0 Å². The number of nitrogens with one attached hydrogen (secondary N) is 1. The van der Waals surface area contributed by atoms with Crippen LogP contribution >= 0.6 is 0 Å². The summed E-state index contributed by atoms with van der Waals surface area (Å²) in [6.45, 7) is 2.96. The highest BCUT2D eigenvalue weighted by Crippen LogP contribution is 2.15. The van der Waals surface area contributed by atoms with Gasteiger partial charge in [-0.2, -0.15) is 0 Å². The highest BCUT2D eigenvalue weighted by atomic mass is 32.2. The fraction of sp³-hybridized carbons (Fsp3) is 0.294. The van der Waals surface area contributed by atoms with Crippen LogP contribution in [-0.4, -0.2) is 45.6 Å². The number of carbonyl (C=O) groups excluding carboxylic acids is 1. The highest BCUT2D eigenvalue weighted by Gasteiger charge is 2.16. The number of hydrogen-bond acceptors (Lipinski definition) is 6. The summed E-state index contributed by atoms with van der Waals surface area (Å²) >= 11 is 0. The number of nitrogens with zero attached hydrogens (tertiary/aromatic N) is 2. The molecule has 1 saturated heterocycles. The molecular weight excluding hydrogens is 356 g/mol. The Labute approximate surface area is 152 Å². The third-order valence-electron chi connectivity index (χ3n) is 4.06. The van der Waals surface area contributed by atoms with Crippen LogP contribution < -0.4 is 15.4 Å². The summed E-state index contributed by atoms with van der Waals surface area (Å²) in [4.78, 5) is 17.6. The molecule has 1 aliphatic heterocycles. The maximum Gasteiger partial charge on any atom is 0.248 e. The standard InChI is InChI=1S/C17H20N4O4S/c18-17(22)14-1-3-15(4-2-14)26(23,24)20-12-13-5-6-19-16(11-13)21-7-9-25-10-8-21/h1-6,11,20H,7-10,12H2,(H2,18,22). The van der Waals surface area contributed by atoms with Crippen molar-refractivity contribution in [2.75, 3.05) is 31.2 Å². The van der Waals surface area contributed by atoms with Crippen molar-refractivity contribution in [1.29, 1.82) is 0 Å². The van der Waals surface area contributed by atoms with Gasteiger partial charge in [-0.05, 0) is 42.0 Å². The number of hydrogen-bond donors (Lipinski definition) is 2. The van der Waals surface area contributed by atoms with E-state index in [2.05, 4.69) is 14.6 Å². The first-order valence-electron chi connectivity index (χ1n) is 8.13. The van der Waals surface area contributed by atoms with Crippen molar-refractivity contribution in [3.63, 3.8) is 0 Å². The number of pyridine rings is 1. The zero-order valence-electron chi connectivity index (χ0n) is 14.1. The molecule has 8 nitrogen and oxygen atoms in total. The average Bonchev–Trinajstić information content (AvgIpc) is 2.67. The molecule has 0 spiro atoms. The lowest BCUT2D eigenvalue weighted by Crippen LogP contribution is -2.36. The first kappa shape index (κ1) is 18.3. The van der Waals surface area contributed by atoms with Crippen LogP contribution in [0.5, 0.6) is 0 Å². The molecule has 1 fully saturated rings. The van der Waals surface area contributed by atoms with Crippen LogP contribution in [0.15, 0.2) is 47.5 Å². The lowest BCUT2D eigenvalue weighted by atomic mass is 10.2. The minimum absolute atomic E-state index is 0.0740. The predicted octanol–water partition coefficient (Wildman–Crippen LogP) is 0.496. The minimum Gasteiger partial charge on any atom is -0.378 e. The molecule has 0 radical (unpaired) electrons. The van der Waals surface area contributed by atoms with Crippen molar-refractivity contribution in [2.24, 2.45) is 5.73 Å². The molecule has 0 saturated carbocycles. The van der Waals surface area contributed by atoms with Gasteiger partial charge in [0.05, 0.1) is 18.1 Å². The molecule has 1 aliphatic rings. The summed E-state index contributed by atoms with van der Waals surface area (Å²) in [7, 11) is -3.69. The van der Waals surface area contributed by atoms with Crippen LogP contribution in [0.25, 0.3) is 0 Å². The number of rotatable bonds is 6. The van der Waals surface area contributed by atoms with E-state index in [9.17, 15) is 13.2 Å². The number of benzene rings is 1. The predicted molar refractivity (Wildman–Crippen MR) is 96.3 cm³/mol. The Balaban J connectivity index is 1.68. The van der Waals surface area contributed by atoms with E-state index < -0.39 is 15.9 Å². The van der Waals surface area contributed by atoms with Gasteiger partial charge >= 0.3 is 0 Å². The zero-order valence-corrected chi connectivity index (χ0v) is 14.9. The molecule has 0 atom stereocenters. The van der Waals surface area contributed by atoms with Crippen LogP contribution in [0.4, 0.5) is 5.82 Å². The van der Waals surface area contributed by atoms with E-state index in [-0.39, 0.29) is 17.0 Å². The van der Waals surface area contributed by atoms with Gasteiger partial charge in [0.1, 0.15) is 5.82 Å². The maximum atomic E-state index is 12.4. The monoisotopic (exact) mass is 376 g/mol. The SMILES string of the molecule is NC(=O)c1ccc(S(=O)(=O)NCc2ccnc(N3CCOCC3)c2)cc1. The number of carbonyl (C=O) groups is 1. The fourth-order valence-corrected chi connectivity index (χ4v) is 3.61. The van der Waals surface area contributed by atoms with Crippen molar-refractivity contribution in [2.45, 2.75) is 11.4 Å². The number of sulfonamides is 1. The molecule has 0 aliphatic carbocycles. The zero-order chi connectivity index (χ0) is 18.6. The van der Waals surface area contributed by atoms with E-state index in [1.807, 2.05) is 6.07 Å². The maximum absolute atomic E-state index is 12.4. The average molecular weight is 376 g/mol. The Hall–Kier alpha value is -2.49. The Bertz CT molecular complexity index is 878. The fourth-order valence-electron chi connectivity index (χ4n) is 2.60. The van der Waals surface area contributed by atoms with Gasteiger partial charge in [-0.1, -0.05) is 0 Å². The Kier molecular flexibility index (Phi) is 5.50. The van der Waals surface area contributed by atoms with E-state index in [1.54, 1.807) is 12.3 Å². The number of ether oxygens (including phenoxy) is 1. The number of primary amides is 1. The number of nitrogens with two attached hydrogens (primary N) is 1. The van der Waals surface area contributed by atoms with Gasteiger partial charge in [0.2, 0.25) is 15.9 Å². The third kappa shape index (κ3) is 4.37. The largest absolute Gasteiger partial charge is 0.378 e. The summed E-state index contributed by atoms with van der Waals surface area (Å²) < 4.78 is 32.7. The van der Waals surface area contributed by atoms with Crippen molar-refractivity contribution in [1.82, 2.24) is 9.71 Å². The molecule has 1 aromatic heterocycles. The first-order chi connectivity index (χ1) is 12.5. The molecule has 26 heavy (non-hydrogen) atoms. The Morgan fingerprint density at radius 1 is 1.19 bits per heavy atom. The second-order valence-corrected chi connectivity index (χ2v) is 7.60. The highest BCUT2D eigenvalue weighted by molar-refractivity contribution is 7.89. The number of anilines is 1. The van der Waals surface area contributed by atoms with Crippen LogP contribution in [0.1, 0.15) is 15.9 Å². The normalized spacial score (nSPS) is 15.0. The summed E-state index contributed by atoms with van der Waals surface area (Å²) in [5.41, 5.74) is 6.22. The molecule has 2 heterocycles. The smallest absolute Gasteiger partial charge is 0.248 e. The van der Waals surface area contributed by atoms with Crippen molar-refractivity contribution < 1.29 is 17.9 Å². The molecule has 3 rings (SSSR count). The number of aromatic nitrogens is 1. The third-order valence-corrected chi connectivity index (χ3v) is 5.48. The van der Waals surface area contributed by atoms with E-state index >= 15 is 0 Å². The van der Waals surface area contributed by atoms with Crippen LogP contribution in [0.3, 0.4) is 0 Å². The molecule has 3 N–H and O–H groups in total. The van der Waals surface area contributed by atoms with Gasteiger partial charge in [0.15, 0.2) is 0 Å². The van der Waals surface area contributed by atoms with Gasteiger partial charge in [0.25, 0.3) is 0 Å². The lowest BCUT2D eigenvalue weighted by molar-refractivity contribution is 0.1000. The molecule has 0 unspecified atom stereocenters. The molecule has 1 aromatic carbocycles. The van der Waals surface area contributed by atoms with E-state index in [0.29, 0.717) is 13.2 Å². The minimum atomic E-state index is -3.69. The van der Waals surface area contributed by atoms with Crippen molar-refractivity contribution in [3.8, 4) is 0 Å². The Morgan fingerprint density at radius 2 is 1.88 bits per heavy atom. The summed E-state index contributed by atoms with van der Waals surface area (Å²) in [6.07, 6.45) is 1.66. The second kappa shape index (κ2) is 7.81. The second-order valence-electron chi connectivity index (χ2n) is 5.83. The number of amides is 1. The number of morpholine rings is 1. The molecule has 9 heteroatoms. The van der Waals surface area contributed by atoms with Gasteiger partial charge in [0, 0.05) is 31.4 Å². The van der Waals surface area contributed by atoms with Crippen molar-refractivity contribution >= 4 is 21.7 Å². The van der Waals surface area contributed by atoms with Crippen molar-refractivity contribution in [3.05, 3.63) is 53.7 Å². The molecule has 1 amide bonds. The summed E-state index contributed by atoms with van der Waals surface area (Å²) in [6, 6.07) is 9.12. The van der Waals surface area contributed by atoms with Crippen LogP contribution in [0.2, 0.25) is 0 Å². The van der Waals surface area contributed by atoms with Gasteiger partial charge in [-0.15, -0.1) is 0 Å². The molecule has 2 aromatic rings. The van der Waals surface area contributed by atoms with E-state index in [0.717, 1.165) is 24.5 Å². The van der Waals surface area contributed by atoms with Crippen LogP contribution in [-0.2, 0) is 21.3 Å². The van der Waals surface area contributed by atoms with Gasteiger partial charge in [-0.25, -0.2) is 18.1 Å². The van der Waals surface area contributed by atoms with Gasteiger partial charge in [-0.3, -0.25) is 4.79 Å². The Morgan fingerprint density at radius 3 is 2.54 bits per heavy atom. The topological polar surface area (TPSA) is 115 Å². The quantitative estimate of drug-likeness (QED) is 0.759. The lowest BCUT2D eigenvalue weighted by Gasteiger charge is -2.28. The first-order valence-corrected chi connectivity index (χ1v) is 9.61. The molecule has 0 bridgehead atoms. The summed E-state index contributed by atoms with van der Waals surface area (Å²) in [5.74, 6) is 0.199. The molecular formula is C17H20N4O4S. The van der Waals surface area contributed by atoms with E-state index in [4.69, 9.17) is 10.5 Å².